The summed E-state index contributed by atoms with van der Waals surface area (Å²) in [6.07, 6.45) is 1.35. The van der Waals surface area contributed by atoms with Crippen LogP contribution in [0.4, 0.5) is 0 Å². The third-order valence-corrected chi connectivity index (χ3v) is 5.26. The highest BCUT2D eigenvalue weighted by molar-refractivity contribution is 5.93. The lowest BCUT2D eigenvalue weighted by molar-refractivity contribution is -0.125. The Hall–Kier alpha value is -3.16. The smallest absolute Gasteiger partial charge is 0.271 e. The number of rotatable bonds is 5. The second-order valence-corrected chi connectivity index (χ2v) is 7.51. The highest BCUT2D eigenvalue weighted by atomic mass is 16.2. The van der Waals surface area contributed by atoms with E-state index >= 15 is 0 Å². The van der Waals surface area contributed by atoms with E-state index in [0.717, 1.165) is 11.3 Å². The van der Waals surface area contributed by atoms with Crippen LogP contribution in [0.3, 0.4) is 0 Å². The number of nitrogens with one attached hydrogen (secondary N) is 3. The molecule has 2 heterocycles. The third-order valence-electron chi connectivity index (χ3n) is 5.26. The first-order valence-electron chi connectivity index (χ1n) is 9.79. The molecule has 0 radical (unpaired) electrons. The number of carbonyl (C=O) groups is 3. The Balaban J connectivity index is 1.54. The van der Waals surface area contributed by atoms with Crippen LogP contribution in [0.5, 0.6) is 0 Å². The Morgan fingerprint density at radius 3 is 2.52 bits per heavy atom. The van der Waals surface area contributed by atoms with Gasteiger partial charge in [0.2, 0.25) is 11.8 Å². The van der Waals surface area contributed by atoms with Crippen molar-refractivity contribution in [1.29, 1.82) is 0 Å². The van der Waals surface area contributed by atoms with Crippen LogP contribution >= 0.6 is 0 Å². The van der Waals surface area contributed by atoms with Gasteiger partial charge < -0.3 is 15.5 Å². The van der Waals surface area contributed by atoms with Crippen LogP contribution < -0.4 is 10.6 Å². The van der Waals surface area contributed by atoms with E-state index < -0.39 is 0 Å². The summed E-state index contributed by atoms with van der Waals surface area (Å²) < 4.78 is 0. The van der Waals surface area contributed by atoms with Crippen molar-refractivity contribution in [3.8, 4) is 11.3 Å². The van der Waals surface area contributed by atoms with E-state index in [1.165, 1.54) is 18.1 Å². The van der Waals surface area contributed by atoms with E-state index in [9.17, 15) is 14.4 Å². The van der Waals surface area contributed by atoms with Crippen molar-refractivity contribution in [2.24, 2.45) is 0 Å². The van der Waals surface area contributed by atoms with Gasteiger partial charge in [-0.25, -0.2) is 0 Å². The predicted molar refractivity (Wildman–Crippen MR) is 109 cm³/mol. The van der Waals surface area contributed by atoms with Gasteiger partial charge in [0.15, 0.2) is 0 Å². The molecular formula is C21H27N5O3. The van der Waals surface area contributed by atoms with Crippen molar-refractivity contribution in [1.82, 2.24) is 25.7 Å². The monoisotopic (exact) mass is 397 g/mol. The van der Waals surface area contributed by atoms with Crippen molar-refractivity contribution in [3.63, 3.8) is 0 Å². The van der Waals surface area contributed by atoms with Gasteiger partial charge in [0.05, 0.1) is 12.2 Å². The molecule has 2 aromatic rings. The van der Waals surface area contributed by atoms with Gasteiger partial charge in [-0.05, 0) is 49.9 Å². The number of benzene rings is 1. The van der Waals surface area contributed by atoms with E-state index in [4.69, 9.17) is 0 Å². The minimum Gasteiger partial charge on any atom is -0.352 e. The minimum atomic E-state index is -0.236. The van der Waals surface area contributed by atoms with Crippen LogP contribution in [0, 0.1) is 13.8 Å². The molecule has 8 nitrogen and oxygen atoms in total. The van der Waals surface area contributed by atoms with Gasteiger partial charge in [0, 0.05) is 31.6 Å². The van der Waals surface area contributed by atoms with Crippen LogP contribution in [-0.2, 0) is 9.59 Å². The van der Waals surface area contributed by atoms with Gasteiger partial charge in [-0.3, -0.25) is 19.5 Å². The number of hydrogen-bond donors (Lipinski definition) is 3. The zero-order valence-electron chi connectivity index (χ0n) is 17.0. The fraction of sp³-hybridized carbons (Fsp3) is 0.429. The highest BCUT2D eigenvalue weighted by Crippen LogP contribution is 2.22. The quantitative estimate of drug-likeness (QED) is 0.711. The maximum Gasteiger partial charge on any atom is 0.271 e. The molecule has 3 N–H and O–H groups in total. The standard InChI is InChI=1S/C21H27N5O3/c1-13-4-5-16(10-14(13)2)18-11-19(25-24-18)21(29)26-8-6-17(7-9-26)23-20(28)12-22-15(3)27/h4-5,10-11,17H,6-9,12H2,1-3H3,(H,22,27)(H,23,28)(H,24,25). The molecule has 154 valence electrons. The topological polar surface area (TPSA) is 107 Å². The molecule has 1 saturated heterocycles. The average Bonchev–Trinajstić information content (AvgIpc) is 3.19. The largest absolute Gasteiger partial charge is 0.352 e. The van der Waals surface area contributed by atoms with Crippen molar-refractivity contribution >= 4 is 17.7 Å². The zero-order valence-corrected chi connectivity index (χ0v) is 17.0. The highest BCUT2D eigenvalue weighted by Gasteiger charge is 2.25. The van der Waals surface area contributed by atoms with E-state index in [2.05, 4.69) is 40.7 Å². The molecule has 1 aromatic heterocycles. The SMILES string of the molecule is CC(=O)NCC(=O)NC1CCN(C(=O)c2cc(-c3ccc(C)c(C)c3)n[nH]2)CC1. The molecule has 3 amide bonds. The van der Waals surface area contributed by atoms with Crippen LogP contribution in [-0.4, -0.2) is 58.5 Å². The molecule has 8 heteroatoms. The average molecular weight is 397 g/mol. The molecular weight excluding hydrogens is 370 g/mol. The normalized spacial score (nSPS) is 14.5. The van der Waals surface area contributed by atoms with E-state index in [0.29, 0.717) is 31.6 Å². The van der Waals surface area contributed by atoms with Crippen molar-refractivity contribution in [3.05, 3.63) is 41.1 Å². The Labute approximate surface area is 170 Å². The Morgan fingerprint density at radius 2 is 1.86 bits per heavy atom. The second kappa shape index (κ2) is 8.89. The van der Waals surface area contributed by atoms with Crippen molar-refractivity contribution in [2.45, 2.75) is 39.7 Å². The summed E-state index contributed by atoms with van der Waals surface area (Å²) >= 11 is 0. The predicted octanol–water partition coefficient (Wildman–Crippen LogP) is 1.55. The first-order valence-corrected chi connectivity index (χ1v) is 9.79. The summed E-state index contributed by atoms with van der Waals surface area (Å²) in [5, 5.41) is 12.5. The zero-order chi connectivity index (χ0) is 21.0. The molecule has 1 aromatic carbocycles. The minimum absolute atomic E-state index is 0.00756. The van der Waals surface area contributed by atoms with E-state index in [1.807, 2.05) is 12.1 Å². The lowest BCUT2D eigenvalue weighted by Gasteiger charge is -2.32. The van der Waals surface area contributed by atoms with E-state index in [-0.39, 0.29) is 30.3 Å². The second-order valence-electron chi connectivity index (χ2n) is 7.51. The van der Waals surface area contributed by atoms with Crippen LogP contribution in [0.15, 0.2) is 24.3 Å². The first kappa shape index (κ1) is 20.6. The number of likely N-dealkylation sites (tertiary alicyclic amines) is 1. The molecule has 0 bridgehead atoms. The van der Waals surface area contributed by atoms with Crippen molar-refractivity contribution in [2.75, 3.05) is 19.6 Å². The molecule has 1 fully saturated rings. The Bertz CT molecular complexity index is 913. The lowest BCUT2D eigenvalue weighted by Crippen LogP contribution is -2.48. The molecule has 0 saturated carbocycles. The Morgan fingerprint density at radius 1 is 1.14 bits per heavy atom. The van der Waals surface area contributed by atoms with Gasteiger partial charge in [-0.2, -0.15) is 5.10 Å². The van der Waals surface area contributed by atoms with Gasteiger partial charge in [0.25, 0.3) is 5.91 Å². The van der Waals surface area contributed by atoms with Crippen molar-refractivity contribution < 1.29 is 14.4 Å². The fourth-order valence-electron chi connectivity index (χ4n) is 3.36. The number of aromatic amines is 1. The molecule has 1 aliphatic heterocycles. The maximum absolute atomic E-state index is 12.8. The van der Waals surface area contributed by atoms with Crippen LogP contribution in [0.1, 0.15) is 41.4 Å². The summed E-state index contributed by atoms with van der Waals surface area (Å²) in [5.41, 5.74) is 4.58. The first-order chi connectivity index (χ1) is 13.8. The van der Waals surface area contributed by atoms with Crippen LogP contribution in [0.2, 0.25) is 0 Å². The molecule has 0 unspecified atom stereocenters. The molecule has 0 atom stereocenters. The number of aromatic nitrogens is 2. The van der Waals surface area contributed by atoms with Gasteiger partial charge in [-0.1, -0.05) is 12.1 Å². The molecule has 3 rings (SSSR count). The molecule has 29 heavy (non-hydrogen) atoms. The van der Waals surface area contributed by atoms with E-state index in [1.54, 1.807) is 11.0 Å². The summed E-state index contributed by atoms with van der Waals surface area (Å²) in [5.74, 6) is -0.535. The maximum atomic E-state index is 12.8. The van der Waals surface area contributed by atoms with Gasteiger partial charge >= 0.3 is 0 Å². The lowest BCUT2D eigenvalue weighted by atomic mass is 10.0. The fourth-order valence-corrected chi connectivity index (χ4v) is 3.36. The number of aryl methyl sites for hydroxylation is 2. The number of nitrogens with zero attached hydrogens (tertiary/aromatic N) is 2. The van der Waals surface area contributed by atoms with Gasteiger partial charge in [-0.15, -0.1) is 0 Å². The Kier molecular flexibility index (Phi) is 6.31. The molecule has 0 aliphatic carbocycles. The summed E-state index contributed by atoms with van der Waals surface area (Å²) in [6.45, 7) is 6.58. The number of hydrogen-bond acceptors (Lipinski definition) is 4. The van der Waals surface area contributed by atoms with Crippen LogP contribution in [0.25, 0.3) is 11.3 Å². The van der Waals surface area contributed by atoms with Gasteiger partial charge in [0.1, 0.15) is 5.69 Å². The summed E-state index contributed by atoms with van der Waals surface area (Å²) in [4.78, 5) is 37.3. The number of H-pyrrole nitrogens is 1. The number of carbonyl (C=O) groups excluding carboxylic acids is 3. The molecule has 0 spiro atoms. The summed E-state index contributed by atoms with van der Waals surface area (Å²) in [7, 11) is 0. The number of amides is 3. The molecule has 1 aliphatic rings. The third kappa shape index (κ3) is 5.22. The summed E-state index contributed by atoms with van der Waals surface area (Å²) in [6, 6.07) is 7.91. The number of piperidine rings is 1.